The van der Waals surface area contributed by atoms with Crippen LogP contribution in [-0.2, 0) is 14.2 Å². The third-order valence-corrected chi connectivity index (χ3v) is 2.81. The lowest BCUT2D eigenvalue weighted by molar-refractivity contribution is -0.174. The number of hydrogen-bond donors (Lipinski definition) is 1. The van der Waals surface area contributed by atoms with E-state index in [1.165, 1.54) is 6.20 Å². The second-order valence-electron chi connectivity index (χ2n) is 4.72. The van der Waals surface area contributed by atoms with Gasteiger partial charge in [0.05, 0.1) is 11.8 Å². The summed E-state index contributed by atoms with van der Waals surface area (Å²) < 4.78 is 16.8. The molecule has 2 N–H and O–H groups in total. The van der Waals surface area contributed by atoms with Crippen LogP contribution in [0.3, 0.4) is 0 Å². The molecule has 3 heterocycles. The Morgan fingerprint density at radius 3 is 2.89 bits per heavy atom. The highest BCUT2D eigenvalue weighted by Crippen LogP contribution is 2.38. The maximum Gasteiger partial charge on any atom is 0.232 e. The number of anilines is 1. The number of nitrogen functional groups attached to an aromatic ring is 1. The molecule has 0 radical (unpaired) electrons. The maximum atomic E-state index is 9.04. The van der Waals surface area contributed by atoms with Gasteiger partial charge in [0.1, 0.15) is 23.6 Å². The zero-order valence-corrected chi connectivity index (χ0v) is 10.5. The van der Waals surface area contributed by atoms with Crippen molar-refractivity contribution < 1.29 is 14.2 Å². The molecule has 0 aromatic carbocycles. The SMILES string of the molecule is CC1(C)O[C@H]2OC(c3nc(N)ncc3C#N)=C[C@H]2O1. The predicted octanol–water partition coefficient (Wildman–Crippen LogP) is 0.779. The lowest BCUT2D eigenvalue weighted by Crippen LogP contribution is -2.22. The van der Waals surface area contributed by atoms with Crippen molar-refractivity contribution in [3.8, 4) is 6.07 Å². The Kier molecular flexibility index (Phi) is 2.45. The molecule has 2 aliphatic heterocycles. The number of hydrogen-bond acceptors (Lipinski definition) is 7. The Balaban J connectivity index is 1.94. The minimum absolute atomic E-state index is 0.0812. The van der Waals surface area contributed by atoms with Gasteiger partial charge in [0, 0.05) is 0 Å². The smallest absolute Gasteiger partial charge is 0.232 e. The summed E-state index contributed by atoms with van der Waals surface area (Å²) in [5, 5.41) is 9.04. The molecule has 98 valence electrons. The molecule has 0 spiro atoms. The fraction of sp³-hybridized carbons (Fsp3) is 0.417. The Hall–Kier alpha value is -2.17. The van der Waals surface area contributed by atoms with E-state index < -0.39 is 12.1 Å². The van der Waals surface area contributed by atoms with Gasteiger partial charge in [-0.15, -0.1) is 0 Å². The number of ether oxygens (including phenoxy) is 3. The van der Waals surface area contributed by atoms with Crippen LogP contribution in [0.15, 0.2) is 12.3 Å². The van der Waals surface area contributed by atoms with Gasteiger partial charge < -0.3 is 19.9 Å². The normalized spacial score (nSPS) is 27.3. The number of nitrogens with two attached hydrogens (primary N) is 1. The predicted molar refractivity (Wildman–Crippen MR) is 64.0 cm³/mol. The summed E-state index contributed by atoms with van der Waals surface area (Å²) in [5.74, 6) is -0.172. The molecule has 3 rings (SSSR count). The molecule has 0 aliphatic carbocycles. The van der Waals surface area contributed by atoms with Crippen LogP contribution in [0.25, 0.3) is 5.76 Å². The number of fused-ring (bicyclic) bond motifs is 1. The van der Waals surface area contributed by atoms with E-state index in [0.717, 1.165) is 0 Å². The van der Waals surface area contributed by atoms with Crippen LogP contribution in [0, 0.1) is 11.3 Å². The standard InChI is InChI=1S/C12H12N4O3/c1-12(2)18-8-3-7(17-10(8)19-12)9-6(4-13)5-15-11(14)16-9/h3,5,8,10H,1-2H3,(H2,14,15,16)/t8-,10-/m1/s1. The summed E-state index contributed by atoms with van der Waals surface area (Å²) in [7, 11) is 0. The van der Waals surface area contributed by atoms with E-state index in [1.54, 1.807) is 6.08 Å². The average Bonchev–Trinajstić information content (AvgIpc) is 2.82. The Bertz CT molecular complexity index is 605. The summed E-state index contributed by atoms with van der Waals surface area (Å²) in [6.45, 7) is 3.62. The fourth-order valence-corrected chi connectivity index (χ4v) is 2.08. The van der Waals surface area contributed by atoms with E-state index in [1.807, 2.05) is 19.9 Å². The maximum absolute atomic E-state index is 9.04. The minimum Gasteiger partial charge on any atom is -0.460 e. The molecule has 0 unspecified atom stereocenters. The van der Waals surface area contributed by atoms with E-state index in [4.69, 9.17) is 25.2 Å². The highest BCUT2D eigenvalue weighted by molar-refractivity contribution is 5.65. The van der Waals surface area contributed by atoms with Gasteiger partial charge in [0.15, 0.2) is 5.79 Å². The van der Waals surface area contributed by atoms with Gasteiger partial charge >= 0.3 is 0 Å². The molecular weight excluding hydrogens is 248 g/mol. The van der Waals surface area contributed by atoms with Gasteiger partial charge in [0.25, 0.3) is 0 Å². The Morgan fingerprint density at radius 2 is 2.21 bits per heavy atom. The second-order valence-corrected chi connectivity index (χ2v) is 4.72. The molecule has 19 heavy (non-hydrogen) atoms. The molecule has 7 nitrogen and oxygen atoms in total. The first kappa shape index (κ1) is 11.9. The molecule has 0 bridgehead atoms. The van der Waals surface area contributed by atoms with E-state index in [0.29, 0.717) is 17.0 Å². The molecule has 0 amide bonds. The van der Waals surface area contributed by atoms with E-state index >= 15 is 0 Å². The van der Waals surface area contributed by atoms with E-state index in [9.17, 15) is 0 Å². The van der Waals surface area contributed by atoms with Crippen LogP contribution in [-0.4, -0.2) is 28.1 Å². The summed E-state index contributed by atoms with van der Waals surface area (Å²) >= 11 is 0. The summed E-state index contributed by atoms with van der Waals surface area (Å²) in [6, 6.07) is 2.00. The molecule has 2 aliphatic rings. The number of nitriles is 1. The summed E-state index contributed by atoms with van der Waals surface area (Å²) in [5.41, 5.74) is 6.18. The van der Waals surface area contributed by atoms with Gasteiger partial charge in [0.2, 0.25) is 12.2 Å². The lowest BCUT2D eigenvalue weighted by Gasteiger charge is -2.18. The van der Waals surface area contributed by atoms with Crippen molar-refractivity contribution in [2.24, 2.45) is 0 Å². The van der Waals surface area contributed by atoms with Crippen LogP contribution < -0.4 is 5.73 Å². The first-order valence-corrected chi connectivity index (χ1v) is 5.75. The van der Waals surface area contributed by atoms with Crippen LogP contribution >= 0.6 is 0 Å². The highest BCUT2D eigenvalue weighted by atomic mass is 16.8. The molecular formula is C12H12N4O3. The quantitative estimate of drug-likeness (QED) is 0.795. The average molecular weight is 260 g/mol. The second kappa shape index (κ2) is 3.91. The first-order chi connectivity index (χ1) is 8.98. The van der Waals surface area contributed by atoms with Crippen LogP contribution in [0.2, 0.25) is 0 Å². The van der Waals surface area contributed by atoms with Crippen LogP contribution in [0.1, 0.15) is 25.1 Å². The molecule has 1 aromatic rings. The summed E-state index contributed by atoms with van der Waals surface area (Å²) in [6.07, 6.45) is 2.27. The Morgan fingerprint density at radius 1 is 1.42 bits per heavy atom. The van der Waals surface area contributed by atoms with Gasteiger partial charge in [-0.1, -0.05) is 0 Å². The van der Waals surface area contributed by atoms with Crippen molar-refractivity contribution in [2.75, 3.05) is 5.73 Å². The van der Waals surface area contributed by atoms with E-state index in [-0.39, 0.29) is 12.1 Å². The zero-order chi connectivity index (χ0) is 13.6. The van der Waals surface area contributed by atoms with Crippen molar-refractivity contribution in [1.29, 1.82) is 5.26 Å². The van der Waals surface area contributed by atoms with Crippen LogP contribution in [0.5, 0.6) is 0 Å². The van der Waals surface area contributed by atoms with Crippen molar-refractivity contribution >= 4 is 11.7 Å². The van der Waals surface area contributed by atoms with Gasteiger partial charge in [-0.05, 0) is 19.9 Å². The number of nitrogens with zero attached hydrogens (tertiary/aromatic N) is 3. The van der Waals surface area contributed by atoms with E-state index in [2.05, 4.69) is 9.97 Å². The highest BCUT2D eigenvalue weighted by Gasteiger charge is 2.46. The zero-order valence-electron chi connectivity index (χ0n) is 10.5. The topological polar surface area (TPSA) is 103 Å². The van der Waals surface area contributed by atoms with Crippen molar-refractivity contribution in [2.45, 2.75) is 32.0 Å². The molecule has 1 fully saturated rings. The van der Waals surface area contributed by atoms with Gasteiger partial charge in [-0.2, -0.15) is 5.26 Å². The van der Waals surface area contributed by atoms with Gasteiger partial charge in [-0.25, -0.2) is 9.97 Å². The monoisotopic (exact) mass is 260 g/mol. The molecule has 2 atom stereocenters. The van der Waals surface area contributed by atoms with Crippen molar-refractivity contribution in [1.82, 2.24) is 9.97 Å². The van der Waals surface area contributed by atoms with Crippen molar-refractivity contribution in [3.05, 3.63) is 23.5 Å². The molecule has 0 saturated carbocycles. The third kappa shape index (κ3) is 2.01. The summed E-state index contributed by atoms with van der Waals surface area (Å²) in [4.78, 5) is 7.81. The Labute approximate surface area is 109 Å². The molecule has 7 heteroatoms. The third-order valence-electron chi connectivity index (χ3n) is 2.81. The van der Waals surface area contributed by atoms with Gasteiger partial charge in [-0.3, -0.25) is 0 Å². The number of rotatable bonds is 1. The fourth-order valence-electron chi connectivity index (χ4n) is 2.08. The first-order valence-electron chi connectivity index (χ1n) is 5.75. The number of aromatic nitrogens is 2. The lowest BCUT2D eigenvalue weighted by atomic mass is 10.2. The molecule has 1 aromatic heterocycles. The molecule has 1 saturated heterocycles. The minimum atomic E-state index is -0.680. The largest absolute Gasteiger partial charge is 0.460 e. The van der Waals surface area contributed by atoms with Crippen LogP contribution in [0.4, 0.5) is 5.95 Å². The van der Waals surface area contributed by atoms with Crippen molar-refractivity contribution in [3.63, 3.8) is 0 Å².